The van der Waals surface area contributed by atoms with E-state index in [0.29, 0.717) is 36.6 Å². The minimum Gasteiger partial charge on any atom is -0.490 e. The number of nitrogens with zero attached hydrogens (tertiary/aromatic N) is 1. The number of ketones is 1. The molecular formula is C29H32Cl2FNO3. The number of β-amino-alcohol motifs (C(OH)–C–C–N with tert-alkyl or cyclic N) is 1. The summed E-state index contributed by atoms with van der Waals surface area (Å²) in [4.78, 5) is 15.1. The average Bonchev–Trinajstić information content (AvgIpc) is 2.88. The third kappa shape index (κ3) is 8.04. The molecule has 3 aromatic carbocycles. The second kappa shape index (κ2) is 13.8. The molecule has 4 rings (SSSR count). The van der Waals surface area contributed by atoms with Crippen molar-refractivity contribution in [3.8, 4) is 5.75 Å². The van der Waals surface area contributed by atoms with E-state index in [0.717, 1.165) is 36.5 Å². The predicted octanol–water partition coefficient (Wildman–Crippen LogP) is 6.34. The van der Waals surface area contributed by atoms with Crippen LogP contribution in [0.4, 0.5) is 4.39 Å². The molecule has 1 saturated heterocycles. The van der Waals surface area contributed by atoms with Crippen molar-refractivity contribution >= 4 is 29.8 Å². The Morgan fingerprint density at radius 3 is 2.39 bits per heavy atom. The summed E-state index contributed by atoms with van der Waals surface area (Å²) >= 11 is 6.00. The van der Waals surface area contributed by atoms with Crippen molar-refractivity contribution in [2.24, 2.45) is 0 Å². The minimum atomic E-state index is -0.649. The molecule has 0 aliphatic carbocycles. The minimum absolute atomic E-state index is 0. The fourth-order valence-electron chi connectivity index (χ4n) is 4.59. The van der Waals surface area contributed by atoms with Crippen molar-refractivity contribution in [1.82, 2.24) is 4.90 Å². The number of hydrogen-bond donors (Lipinski definition) is 1. The van der Waals surface area contributed by atoms with E-state index in [1.54, 1.807) is 30.3 Å². The lowest BCUT2D eigenvalue weighted by molar-refractivity contribution is 0.0588. The first kappa shape index (κ1) is 28.1. The maximum Gasteiger partial charge on any atom is 0.166 e. The van der Waals surface area contributed by atoms with Crippen LogP contribution in [0, 0.1) is 5.82 Å². The van der Waals surface area contributed by atoms with Crippen molar-refractivity contribution < 1.29 is 19.0 Å². The average molecular weight is 532 g/mol. The summed E-state index contributed by atoms with van der Waals surface area (Å²) in [7, 11) is 0. The zero-order chi connectivity index (χ0) is 24.6. The molecular weight excluding hydrogens is 500 g/mol. The summed E-state index contributed by atoms with van der Waals surface area (Å²) in [6.45, 7) is 2.50. The van der Waals surface area contributed by atoms with E-state index < -0.39 is 6.10 Å². The van der Waals surface area contributed by atoms with Gasteiger partial charge in [0.25, 0.3) is 0 Å². The number of hydrogen-bond acceptors (Lipinski definition) is 4. The van der Waals surface area contributed by atoms with Crippen LogP contribution in [0.5, 0.6) is 5.75 Å². The quantitative estimate of drug-likeness (QED) is 0.310. The maximum atomic E-state index is 13.1. The molecule has 0 spiro atoms. The Labute approximate surface area is 223 Å². The lowest BCUT2D eigenvalue weighted by atomic mass is 9.89. The fraction of sp³-hybridized carbons (Fsp3) is 0.345. The molecule has 3 aromatic rings. The largest absolute Gasteiger partial charge is 0.490 e. The Hall–Kier alpha value is -2.44. The van der Waals surface area contributed by atoms with Gasteiger partial charge in [0, 0.05) is 18.0 Å². The summed E-state index contributed by atoms with van der Waals surface area (Å²) in [5.41, 5.74) is 2.73. The standard InChI is InChI=1S/C29H31ClFNO3.ClH/c30-24-10-8-22(9-11-24)23-15-17-32(18-16-23)19-26(33)20-35-29-4-2-1-3-27(29)28(34)14-7-21-5-12-25(31)13-6-21;/h1-6,8-13,23,26,33H,7,14-20H2;1H. The molecule has 0 bridgehead atoms. The first-order valence-corrected chi connectivity index (χ1v) is 12.5. The number of Topliss-reactive ketones (excluding diaryl/α,β-unsaturated/α-hetero) is 1. The Balaban J connectivity index is 0.00000361. The fourth-order valence-corrected chi connectivity index (χ4v) is 4.71. The van der Waals surface area contributed by atoms with E-state index >= 15 is 0 Å². The van der Waals surface area contributed by atoms with Gasteiger partial charge in [0.2, 0.25) is 0 Å². The van der Waals surface area contributed by atoms with Crippen LogP contribution in [0.25, 0.3) is 0 Å². The van der Waals surface area contributed by atoms with E-state index in [-0.39, 0.29) is 30.6 Å². The number of para-hydroxylation sites is 1. The van der Waals surface area contributed by atoms with Gasteiger partial charge in [0.05, 0.1) is 5.56 Å². The first-order valence-electron chi connectivity index (χ1n) is 12.1. The molecule has 0 amide bonds. The highest BCUT2D eigenvalue weighted by molar-refractivity contribution is 6.30. The van der Waals surface area contributed by atoms with Gasteiger partial charge < -0.3 is 14.7 Å². The number of benzene rings is 3. The van der Waals surface area contributed by atoms with Gasteiger partial charge in [-0.15, -0.1) is 12.4 Å². The Morgan fingerprint density at radius 1 is 1.03 bits per heavy atom. The van der Waals surface area contributed by atoms with E-state index in [9.17, 15) is 14.3 Å². The number of likely N-dealkylation sites (tertiary alicyclic amines) is 1. The third-order valence-corrected chi connectivity index (χ3v) is 6.82. The molecule has 4 nitrogen and oxygen atoms in total. The van der Waals surface area contributed by atoms with Crippen LogP contribution in [0.1, 0.15) is 46.7 Å². The number of aliphatic hydroxyl groups excluding tert-OH is 1. The zero-order valence-corrected chi connectivity index (χ0v) is 21.7. The van der Waals surface area contributed by atoms with Gasteiger partial charge in [-0.1, -0.05) is 48.0 Å². The topological polar surface area (TPSA) is 49.8 Å². The zero-order valence-electron chi connectivity index (χ0n) is 20.1. The predicted molar refractivity (Wildman–Crippen MR) is 144 cm³/mol. The van der Waals surface area contributed by atoms with Gasteiger partial charge in [0.1, 0.15) is 24.3 Å². The van der Waals surface area contributed by atoms with E-state index in [4.69, 9.17) is 16.3 Å². The molecule has 1 heterocycles. The third-order valence-electron chi connectivity index (χ3n) is 6.57. The molecule has 1 aliphatic rings. The van der Waals surface area contributed by atoms with Crippen molar-refractivity contribution in [3.63, 3.8) is 0 Å². The van der Waals surface area contributed by atoms with Gasteiger partial charge in [-0.25, -0.2) is 4.39 Å². The van der Waals surface area contributed by atoms with Crippen LogP contribution in [0.2, 0.25) is 5.02 Å². The van der Waals surface area contributed by atoms with Crippen LogP contribution in [-0.4, -0.2) is 48.1 Å². The normalized spacial score (nSPS) is 15.2. The second-order valence-corrected chi connectivity index (χ2v) is 9.57. The molecule has 36 heavy (non-hydrogen) atoms. The van der Waals surface area contributed by atoms with E-state index in [1.807, 2.05) is 18.2 Å². The molecule has 1 N–H and O–H groups in total. The maximum absolute atomic E-state index is 13.1. The molecule has 0 radical (unpaired) electrons. The van der Waals surface area contributed by atoms with Gasteiger partial charge in [-0.3, -0.25) is 4.79 Å². The first-order chi connectivity index (χ1) is 17.0. The molecule has 192 valence electrons. The number of aryl methyl sites for hydroxylation is 1. The highest BCUT2D eigenvalue weighted by Gasteiger charge is 2.23. The summed E-state index contributed by atoms with van der Waals surface area (Å²) in [6.07, 6.45) is 2.27. The summed E-state index contributed by atoms with van der Waals surface area (Å²) < 4.78 is 19.0. The van der Waals surface area contributed by atoms with Gasteiger partial charge in [0.15, 0.2) is 5.78 Å². The van der Waals surface area contributed by atoms with Crippen molar-refractivity contribution in [3.05, 3.63) is 100 Å². The van der Waals surface area contributed by atoms with Crippen molar-refractivity contribution in [2.75, 3.05) is 26.2 Å². The molecule has 1 fully saturated rings. The number of ether oxygens (including phenoxy) is 1. The number of halogens is 3. The number of piperidine rings is 1. The monoisotopic (exact) mass is 531 g/mol. The number of rotatable bonds is 10. The second-order valence-electron chi connectivity index (χ2n) is 9.14. The van der Waals surface area contributed by atoms with Crippen LogP contribution >= 0.6 is 24.0 Å². The highest BCUT2D eigenvalue weighted by atomic mass is 35.5. The van der Waals surface area contributed by atoms with E-state index in [1.165, 1.54) is 17.7 Å². The molecule has 1 unspecified atom stereocenters. The van der Waals surface area contributed by atoms with Gasteiger partial charge in [-0.05, 0) is 85.8 Å². The smallest absolute Gasteiger partial charge is 0.166 e. The summed E-state index contributed by atoms with van der Waals surface area (Å²) in [5, 5.41) is 11.3. The van der Waals surface area contributed by atoms with Gasteiger partial charge >= 0.3 is 0 Å². The Bertz CT molecular complexity index is 1100. The lowest BCUT2D eigenvalue weighted by Crippen LogP contribution is -2.40. The SMILES string of the molecule is Cl.O=C(CCc1ccc(F)cc1)c1ccccc1OCC(O)CN1CCC(c2ccc(Cl)cc2)CC1. The van der Waals surface area contributed by atoms with Crippen LogP contribution < -0.4 is 4.74 Å². The highest BCUT2D eigenvalue weighted by Crippen LogP contribution is 2.29. The van der Waals surface area contributed by atoms with Crippen molar-refractivity contribution in [1.29, 1.82) is 0 Å². The molecule has 0 saturated carbocycles. The van der Waals surface area contributed by atoms with Crippen LogP contribution in [0.3, 0.4) is 0 Å². The Morgan fingerprint density at radius 2 is 1.69 bits per heavy atom. The molecule has 7 heteroatoms. The number of aliphatic hydroxyl groups is 1. The molecule has 0 aromatic heterocycles. The van der Waals surface area contributed by atoms with Crippen LogP contribution in [0.15, 0.2) is 72.8 Å². The number of carbonyl (C=O) groups is 1. The lowest BCUT2D eigenvalue weighted by Gasteiger charge is -2.33. The van der Waals surface area contributed by atoms with Crippen molar-refractivity contribution in [2.45, 2.75) is 37.7 Å². The van der Waals surface area contributed by atoms with Crippen LogP contribution in [-0.2, 0) is 6.42 Å². The Kier molecular flexibility index (Phi) is 10.7. The van der Waals surface area contributed by atoms with E-state index in [2.05, 4.69) is 17.0 Å². The number of carbonyl (C=O) groups excluding carboxylic acids is 1. The summed E-state index contributed by atoms with van der Waals surface area (Å²) in [6, 6.07) is 21.4. The van der Waals surface area contributed by atoms with Gasteiger partial charge in [-0.2, -0.15) is 0 Å². The molecule has 1 atom stereocenters. The molecule has 1 aliphatic heterocycles. The summed E-state index contributed by atoms with van der Waals surface area (Å²) in [5.74, 6) is 0.675.